The summed E-state index contributed by atoms with van der Waals surface area (Å²) in [6.07, 6.45) is 2.45. The second-order valence-electron chi connectivity index (χ2n) is 3.84. The molecule has 0 atom stereocenters. The Balaban J connectivity index is 1.86. The molecule has 5 nitrogen and oxygen atoms in total. The third kappa shape index (κ3) is 3.30. The summed E-state index contributed by atoms with van der Waals surface area (Å²) in [5.41, 5.74) is 0.701. The van der Waals surface area contributed by atoms with E-state index in [1.165, 1.54) is 18.3 Å². The number of hydrogen-bond acceptors (Lipinski definition) is 4. The highest BCUT2D eigenvalue weighted by Gasteiger charge is 2.23. The van der Waals surface area contributed by atoms with Gasteiger partial charge in [-0.2, -0.15) is 0 Å². The molecule has 1 saturated carbocycles. The molecule has 0 radical (unpaired) electrons. The topological polar surface area (TPSA) is 71.1 Å². The van der Waals surface area contributed by atoms with Gasteiger partial charge in [-0.3, -0.25) is 9.59 Å². The van der Waals surface area contributed by atoms with Crippen molar-refractivity contribution in [2.75, 3.05) is 5.32 Å². The van der Waals surface area contributed by atoms with Crippen molar-refractivity contribution >= 4 is 28.3 Å². The van der Waals surface area contributed by atoms with Crippen LogP contribution in [0.4, 0.5) is 5.13 Å². The zero-order valence-electron chi connectivity index (χ0n) is 8.95. The maximum Gasteiger partial charge on any atom is 0.226 e. The van der Waals surface area contributed by atoms with Gasteiger partial charge in [0.1, 0.15) is 0 Å². The molecule has 1 aliphatic carbocycles. The van der Waals surface area contributed by atoms with Gasteiger partial charge in [0, 0.05) is 18.3 Å². The zero-order valence-corrected chi connectivity index (χ0v) is 9.76. The molecule has 2 N–H and O–H groups in total. The molecule has 2 rings (SSSR count). The molecule has 1 aromatic rings. The SMILES string of the molecule is CC(=O)Nc1nc(CC(=O)NC2CC2)cs1. The van der Waals surface area contributed by atoms with E-state index in [1.54, 1.807) is 5.38 Å². The van der Waals surface area contributed by atoms with Crippen LogP contribution in [0.1, 0.15) is 25.5 Å². The van der Waals surface area contributed by atoms with Gasteiger partial charge >= 0.3 is 0 Å². The molecule has 0 saturated heterocycles. The van der Waals surface area contributed by atoms with Crippen molar-refractivity contribution in [1.82, 2.24) is 10.3 Å². The minimum Gasteiger partial charge on any atom is -0.353 e. The van der Waals surface area contributed by atoms with Crippen LogP contribution >= 0.6 is 11.3 Å². The largest absolute Gasteiger partial charge is 0.353 e. The Morgan fingerprint density at radius 2 is 2.31 bits per heavy atom. The number of carbonyl (C=O) groups excluding carboxylic acids is 2. The Morgan fingerprint density at radius 3 is 2.94 bits per heavy atom. The molecule has 0 spiro atoms. The fourth-order valence-electron chi connectivity index (χ4n) is 1.27. The molecule has 1 fully saturated rings. The lowest BCUT2D eigenvalue weighted by Crippen LogP contribution is -2.27. The molecular formula is C10H13N3O2S. The quantitative estimate of drug-likeness (QED) is 0.820. The average Bonchev–Trinajstić information content (AvgIpc) is 2.87. The van der Waals surface area contributed by atoms with Gasteiger partial charge in [0.05, 0.1) is 12.1 Å². The average molecular weight is 239 g/mol. The van der Waals surface area contributed by atoms with Crippen molar-refractivity contribution in [3.63, 3.8) is 0 Å². The maximum absolute atomic E-state index is 11.5. The zero-order chi connectivity index (χ0) is 11.5. The third-order valence-corrected chi connectivity index (χ3v) is 2.93. The lowest BCUT2D eigenvalue weighted by molar-refractivity contribution is -0.120. The summed E-state index contributed by atoms with van der Waals surface area (Å²) >= 11 is 1.33. The minimum absolute atomic E-state index is 0.00201. The minimum atomic E-state index is -0.150. The summed E-state index contributed by atoms with van der Waals surface area (Å²) in [5, 5.41) is 7.81. The Hall–Kier alpha value is -1.43. The molecule has 1 heterocycles. The van der Waals surface area contributed by atoms with E-state index in [-0.39, 0.29) is 18.2 Å². The number of nitrogens with zero attached hydrogens (tertiary/aromatic N) is 1. The van der Waals surface area contributed by atoms with Crippen LogP contribution in [0.15, 0.2) is 5.38 Å². The molecule has 1 aliphatic rings. The van der Waals surface area contributed by atoms with E-state index >= 15 is 0 Å². The van der Waals surface area contributed by atoms with E-state index in [0.717, 1.165) is 12.8 Å². The Labute approximate surface area is 97.3 Å². The lowest BCUT2D eigenvalue weighted by Gasteiger charge is -1.99. The van der Waals surface area contributed by atoms with Crippen molar-refractivity contribution in [2.45, 2.75) is 32.2 Å². The van der Waals surface area contributed by atoms with Gasteiger partial charge in [0.2, 0.25) is 11.8 Å². The second kappa shape index (κ2) is 4.61. The first kappa shape index (κ1) is 11.1. The van der Waals surface area contributed by atoms with Gasteiger partial charge < -0.3 is 10.6 Å². The highest BCUT2D eigenvalue weighted by atomic mass is 32.1. The van der Waals surface area contributed by atoms with Crippen molar-refractivity contribution in [2.24, 2.45) is 0 Å². The number of amides is 2. The van der Waals surface area contributed by atoms with E-state index in [2.05, 4.69) is 15.6 Å². The summed E-state index contributed by atoms with van der Waals surface area (Å²) in [5.74, 6) is -0.148. The molecule has 6 heteroatoms. The molecule has 0 bridgehead atoms. The number of carbonyl (C=O) groups is 2. The molecule has 2 amide bonds. The number of nitrogens with one attached hydrogen (secondary N) is 2. The molecule has 0 unspecified atom stereocenters. The number of rotatable bonds is 4. The second-order valence-corrected chi connectivity index (χ2v) is 4.70. The van der Waals surface area contributed by atoms with Crippen LogP contribution in [0.5, 0.6) is 0 Å². The van der Waals surface area contributed by atoms with Crippen LogP contribution < -0.4 is 10.6 Å². The Kier molecular flexibility index (Phi) is 3.19. The highest BCUT2D eigenvalue weighted by Crippen LogP contribution is 2.19. The first-order valence-corrected chi connectivity index (χ1v) is 6.03. The van der Waals surface area contributed by atoms with Crippen molar-refractivity contribution in [1.29, 1.82) is 0 Å². The number of anilines is 1. The monoisotopic (exact) mass is 239 g/mol. The van der Waals surface area contributed by atoms with Crippen LogP contribution in [0.25, 0.3) is 0 Å². The van der Waals surface area contributed by atoms with Gasteiger partial charge in [0.15, 0.2) is 5.13 Å². The summed E-state index contributed by atoms with van der Waals surface area (Å²) in [7, 11) is 0. The molecule has 0 aromatic carbocycles. The predicted molar refractivity (Wildman–Crippen MR) is 61.3 cm³/mol. The molecule has 0 aliphatic heterocycles. The van der Waals surface area contributed by atoms with E-state index in [0.29, 0.717) is 16.9 Å². The van der Waals surface area contributed by atoms with Gasteiger partial charge in [-0.25, -0.2) is 4.98 Å². The van der Waals surface area contributed by atoms with Crippen molar-refractivity contribution in [3.8, 4) is 0 Å². The lowest BCUT2D eigenvalue weighted by atomic mass is 10.3. The summed E-state index contributed by atoms with van der Waals surface area (Å²) in [4.78, 5) is 26.4. The van der Waals surface area contributed by atoms with Crippen LogP contribution in [-0.2, 0) is 16.0 Å². The summed E-state index contributed by atoms with van der Waals surface area (Å²) in [6.45, 7) is 1.43. The Morgan fingerprint density at radius 1 is 1.56 bits per heavy atom. The fourth-order valence-corrected chi connectivity index (χ4v) is 2.02. The normalized spacial score (nSPS) is 14.6. The van der Waals surface area contributed by atoms with E-state index in [1.807, 2.05) is 0 Å². The fraction of sp³-hybridized carbons (Fsp3) is 0.500. The van der Waals surface area contributed by atoms with Crippen LogP contribution in [0.2, 0.25) is 0 Å². The van der Waals surface area contributed by atoms with E-state index in [9.17, 15) is 9.59 Å². The maximum atomic E-state index is 11.5. The number of thiazole rings is 1. The molecular weight excluding hydrogens is 226 g/mol. The van der Waals surface area contributed by atoms with Crippen molar-refractivity contribution < 1.29 is 9.59 Å². The molecule has 16 heavy (non-hydrogen) atoms. The van der Waals surface area contributed by atoms with Crippen LogP contribution in [-0.4, -0.2) is 22.8 Å². The number of hydrogen-bond donors (Lipinski definition) is 2. The highest BCUT2D eigenvalue weighted by molar-refractivity contribution is 7.13. The number of aromatic nitrogens is 1. The summed E-state index contributed by atoms with van der Waals surface area (Å²) < 4.78 is 0. The van der Waals surface area contributed by atoms with Crippen LogP contribution in [0.3, 0.4) is 0 Å². The molecule has 1 aromatic heterocycles. The van der Waals surface area contributed by atoms with Gasteiger partial charge in [-0.1, -0.05) is 0 Å². The Bertz CT molecular complexity index is 412. The van der Waals surface area contributed by atoms with Gasteiger partial charge in [-0.15, -0.1) is 11.3 Å². The van der Waals surface area contributed by atoms with Crippen molar-refractivity contribution in [3.05, 3.63) is 11.1 Å². The van der Waals surface area contributed by atoms with Gasteiger partial charge in [-0.05, 0) is 12.8 Å². The van der Waals surface area contributed by atoms with E-state index in [4.69, 9.17) is 0 Å². The smallest absolute Gasteiger partial charge is 0.226 e. The molecule has 86 valence electrons. The van der Waals surface area contributed by atoms with E-state index < -0.39 is 0 Å². The third-order valence-electron chi connectivity index (χ3n) is 2.12. The first-order chi connectivity index (χ1) is 7.63. The predicted octanol–water partition coefficient (Wildman–Crippen LogP) is 0.923. The van der Waals surface area contributed by atoms with Gasteiger partial charge in [0.25, 0.3) is 0 Å². The standard InChI is InChI=1S/C10H13N3O2S/c1-6(14)11-10-13-8(5-16-10)4-9(15)12-7-2-3-7/h5,7H,2-4H2,1H3,(H,12,15)(H,11,13,14). The van der Waals surface area contributed by atoms with Crippen LogP contribution in [0, 0.1) is 0 Å². The summed E-state index contributed by atoms with van der Waals surface area (Å²) in [6, 6.07) is 0.376. The first-order valence-electron chi connectivity index (χ1n) is 5.15.